The summed E-state index contributed by atoms with van der Waals surface area (Å²) in [7, 11) is -3.27. The van der Waals surface area contributed by atoms with Crippen LogP contribution >= 0.6 is 11.6 Å². The summed E-state index contributed by atoms with van der Waals surface area (Å²) in [6.07, 6.45) is 3.90. The van der Waals surface area contributed by atoms with Crippen molar-refractivity contribution in [1.82, 2.24) is 14.5 Å². The maximum absolute atomic E-state index is 11.6. The number of para-hydroxylation sites is 1. The fourth-order valence-corrected chi connectivity index (χ4v) is 3.03. The predicted molar refractivity (Wildman–Crippen MR) is 79.5 cm³/mol. The molecule has 2 aromatic rings. The maximum atomic E-state index is 11.6. The van der Waals surface area contributed by atoms with Crippen LogP contribution in [0.25, 0.3) is 5.69 Å². The van der Waals surface area contributed by atoms with Gasteiger partial charge in [0.05, 0.1) is 17.6 Å². The lowest BCUT2D eigenvalue weighted by Gasteiger charge is -2.04. The first-order valence-electron chi connectivity index (χ1n) is 6.23. The van der Waals surface area contributed by atoms with Crippen LogP contribution in [0.5, 0.6) is 0 Å². The van der Waals surface area contributed by atoms with E-state index in [1.807, 2.05) is 30.3 Å². The van der Waals surface area contributed by atoms with Gasteiger partial charge in [-0.05, 0) is 18.6 Å². The molecular formula is C13H16ClN3O2S. The summed E-state index contributed by atoms with van der Waals surface area (Å²) in [5, 5.41) is 4.21. The molecule has 0 aliphatic heterocycles. The third kappa shape index (κ3) is 4.33. The quantitative estimate of drug-likeness (QED) is 0.794. The minimum Gasteiger partial charge on any atom is -0.241 e. The van der Waals surface area contributed by atoms with E-state index >= 15 is 0 Å². The van der Waals surface area contributed by atoms with E-state index in [9.17, 15) is 8.42 Å². The molecule has 0 atom stereocenters. The summed E-state index contributed by atoms with van der Waals surface area (Å²) in [6.45, 7) is 0.234. The molecule has 0 amide bonds. The normalized spacial score (nSPS) is 11.7. The zero-order valence-corrected chi connectivity index (χ0v) is 12.4. The molecule has 0 unspecified atom stereocenters. The minimum atomic E-state index is -3.27. The lowest BCUT2D eigenvalue weighted by molar-refractivity contribution is 0.580. The van der Waals surface area contributed by atoms with Gasteiger partial charge in [-0.15, -0.1) is 11.6 Å². The molecule has 20 heavy (non-hydrogen) atoms. The Labute approximate surface area is 123 Å². The van der Waals surface area contributed by atoms with Crippen LogP contribution in [0.15, 0.2) is 42.7 Å². The average molecular weight is 314 g/mol. The molecule has 1 heterocycles. The van der Waals surface area contributed by atoms with Gasteiger partial charge in [-0.2, -0.15) is 5.10 Å². The highest BCUT2D eigenvalue weighted by Gasteiger charge is 2.10. The highest BCUT2D eigenvalue weighted by atomic mass is 35.5. The second-order valence-corrected chi connectivity index (χ2v) is 6.62. The van der Waals surface area contributed by atoms with E-state index in [1.54, 1.807) is 17.1 Å². The van der Waals surface area contributed by atoms with Gasteiger partial charge in [-0.25, -0.2) is 17.8 Å². The predicted octanol–water partition coefficient (Wildman–Crippen LogP) is 1.92. The van der Waals surface area contributed by atoms with Crippen LogP contribution in [-0.2, 0) is 16.6 Å². The molecule has 0 saturated carbocycles. The van der Waals surface area contributed by atoms with Crippen molar-refractivity contribution in [2.45, 2.75) is 13.0 Å². The van der Waals surface area contributed by atoms with Crippen molar-refractivity contribution < 1.29 is 8.42 Å². The number of aromatic nitrogens is 2. The zero-order valence-electron chi connectivity index (χ0n) is 10.9. The van der Waals surface area contributed by atoms with Crippen molar-refractivity contribution in [1.29, 1.82) is 0 Å². The summed E-state index contributed by atoms with van der Waals surface area (Å²) >= 11 is 5.49. The van der Waals surface area contributed by atoms with Crippen molar-refractivity contribution in [2.75, 3.05) is 11.6 Å². The molecule has 1 aromatic carbocycles. The number of sulfonamides is 1. The van der Waals surface area contributed by atoms with Crippen LogP contribution in [-0.4, -0.2) is 29.8 Å². The molecule has 1 aromatic heterocycles. The summed E-state index contributed by atoms with van der Waals surface area (Å²) in [5.41, 5.74) is 1.74. The smallest absolute Gasteiger partial charge is 0.211 e. The molecule has 1 N–H and O–H groups in total. The first-order chi connectivity index (χ1) is 9.61. The number of rotatable bonds is 7. The van der Waals surface area contributed by atoms with Crippen molar-refractivity contribution in [3.63, 3.8) is 0 Å². The molecule has 2 rings (SSSR count). The van der Waals surface area contributed by atoms with Gasteiger partial charge in [-0.1, -0.05) is 18.2 Å². The number of alkyl halides is 1. The summed E-state index contributed by atoms with van der Waals surface area (Å²) in [4.78, 5) is 0. The van der Waals surface area contributed by atoms with E-state index in [0.29, 0.717) is 12.3 Å². The molecule has 0 radical (unpaired) electrons. The van der Waals surface area contributed by atoms with Crippen molar-refractivity contribution in [3.05, 3.63) is 48.3 Å². The summed E-state index contributed by atoms with van der Waals surface area (Å²) < 4.78 is 27.5. The first-order valence-corrected chi connectivity index (χ1v) is 8.42. The molecular weight excluding hydrogens is 298 g/mol. The Morgan fingerprint density at radius 1 is 1.25 bits per heavy atom. The van der Waals surface area contributed by atoms with Crippen LogP contribution in [0.2, 0.25) is 0 Å². The number of nitrogens with zero attached hydrogens (tertiary/aromatic N) is 2. The molecule has 7 heteroatoms. The number of nitrogens with one attached hydrogen (secondary N) is 1. The average Bonchev–Trinajstić information content (AvgIpc) is 2.93. The van der Waals surface area contributed by atoms with Gasteiger partial charge in [-0.3, -0.25) is 0 Å². The number of halogens is 1. The highest BCUT2D eigenvalue weighted by Crippen LogP contribution is 2.07. The Morgan fingerprint density at radius 2 is 2.00 bits per heavy atom. The first kappa shape index (κ1) is 15.0. The zero-order chi connectivity index (χ0) is 14.4. The molecule has 0 spiro atoms. The molecule has 0 aliphatic carbocycles. The van der Waals surface area contributed by atoms with E-state index in [-0.39, 0.29) is 12.3 Å². The third-order valence-electron chi connectivity index (χ3n) is 2.70. The summed E-state index contributed by atoms with van der Waals surface area (Å²) in [6, 6.07) is 9.64. The van der Waals surface area contributed by atoms with Gasteiger partial charge in [0.1, 0.15) is 0 Å². The second-order valence-electron chi connectivity index (χ2n) is 4.31. The van der Waals surface area contributed by atoms with E-state index in [2.05, 4.69) is 9.82 Å². The standard InChI is InChI=1S/C13H16ClN3O2S/c14-7-4-8-20(18,19)16-10-12-9-15-17(11-12)13-5-2-1-3-6-13/h1-3,5-6,9,11,16H,4,7-8,10H2. The van der Waals surface area contributed by atoms with Gasteiger partial charge < -0.3 is 0 Å². The second kappa shape index (κ2) is 6.88. The molecule has 0 bridgehead atoms. The molecule has 0 aliphatic rings. The maximum Gasteiger partial charge on any atom is 0.211 e. The van der Waals surface area contributed by atoms with Crippen LogP contribution in [0.3, 0.4) is 0 Å². The van der Waals surface area contributed by atoms with Crippen molar-refractivity contribution >= 4 is 21.6 Å². The van der Waals surface area contributed by atoms with Crippen LogP contribution in [0.1, 0.15) is 12.0 Å². The highest BCUT2D eigenvalue weighted by molar-refractivity contribution is 7.89. The Morgan fingerprint density at radius 3 is 2.70 bits per heavy atom. The fourth-order valence-electron chi connectivity index (χ4n) is 1.68. The largest absolute Gasteiger partial charge is 0.241 e. The van der Waals surface area contributed by atoms with Crippen LogP contribution in [0.4, 0.5) is 0 Å². The van der Waals surface area contributed by atoms with E-state index in [1.165, 1.54) is 0 Å². The van der Waals surface area contributed by atoms with E-state index < -0.39 is 10.0 Å². The van der Waals surface area contributed by atoms with Crippen LogP contribution in [0, 0.1) is 0 Å². The Hall–Kier alpha value is -1.37. The fraction of sp³-hybridized carbons (Fsp3) is 0.308. The topological polar surface area (TPSA) is 64.0 Å². The Kier molecular flexibility index (Phi) is 5.17. The number of hydrogen-bond donors (Lipinski definition) is 1. The summed E-state index contributed by atoms with van der Waals surface area (Å²) in [5.74, 6) is 0.385. The van der Waals surface area contributed by atoms with Gasteiger partial charge in [0, 0.05) is 24.2 Å². The van der Waals surface area contributed by atoms with E-state index in [0.717, 1.165) is 11.3 Å². The lowest BCUT2D eigenvalue weighted by Crippen LogP contribution is -2.25. The lowest BCUT2D eigenvalue weighted by atomic mass is 10.3. The SMILES string of the molecule is O=S(=O)(CCCCl)NCc1cnn(-c2ccccc2)c1. The monoisotopic (exact) mass is 313 g/mol. The molecule has 0 saturated heterocycles. The van der Waals surface area contributed by atoms with Gasteiger partial charge >= 0.3 is 0 Å². The van der Waals surface area contributed by atoms with E-state index in [4.69, 9.17) is 11.6 Å². The Balaban J connectivity index is 1.97. The minimum absolute atomic E-state index is 0.0450. The Bertz CT molecular complexity index is 641. The van der Waals surface area contributed by atoms with Crippen molar-refractivity contribution in [2.24, 2.45) is 0 Å². The van der Waals surface area contributed by atoms with Gasteiger partial charge in [0.2, 0.25) is 10.0 Å². The molecule has 108 valence electrons. The molecule has 5 nitrogen and oxygen atoms in total. The van der Waals surface area contributed by atoms with Gasteiger partial charge in [0.25, 0.3) is 0 Å². The van der Waals surface area contributed by atoms with Crippen LogP contribution < -0.4 is 4.72 Å². The molecule has 0 fully saturated rings. The third-order valence-corrected chi connectivity index (χ3v) is 4.38. The number of benzene rings is 1. The van der Waals surface area contributed by atoms with Gasteiger partial charge in [0.15, 0.2) is 0 Å². The number of hydrogen-bond acceptors (Lipinski definition) is 3. The van der Waals surface area contributed by atoms with Crippen molar-refractivity contribution in [3.8, 4) is 5.69 Å².